The minimum atomic E-state index is -1.24. The van der Waals surface area contributed by atoms with Crippen LogP contribution < -0.4 is 5.32 Å². The Labute approximate surface area is 160 Å². The molecule has 0 saturated carbocycles. The number of hydrogen-bond donors (Lipinski definition) is 2. The summed E-state index contributed by atoms with van der Waals surface area (Å²) in [5, 5.41) is 26.4. The summed E-state index contributed by atoms with van der Waals surface area (Å²) in [5.41, 5.74) is -0.431. The molecule has 28 heavy (non-hydrogen) atoms. The summed E-state index contributed by atoms with van der Waals surface area (Å²) in [5.74, 6) is -1.24. The van der Waals surface area contributed by atoms with Crippen LogP contribution in [0.3, 0.4) is 0 Å². The van der Waals surface area contributed by atoms with Crippen LogP contribution in [0.5, 0.6) is 0 Å². The van der Waals surface area contributed by atoms with Crippen molar-refractivity contribution in [2.75, 3.05) is 7.11 Å². The molecule has 1 aromatic carbocycles. The number of alkyl carbamates (subject to hydrolysis) is 1. The molecule has 0 bridgehead atoms. The van der Waals surface area contributed by atoms with E-state index in [1.54, 1.807) is 24.3 Å². The second kappa shape index (κ2) is 10.2. The van der Waals surface area contributed by atoms with Gasteiger partial charge in [-0.3, -0.25) is 0 Å². The number of ether oxygens (including phenoxy) is 2. The summed E-state index contributed by atoms with van der Waals surface area (Å²) < 4.78 is 10.0. The summed E-state index contributed by atoms with van der Waals surface area (Å²) in [4.78, 5) is 34.4. The number of nitrogens with one attached hydrogen (secondary N) is 1. The molecule has 11 nitrogen and oxygen atoms in total. The molecular weight excluding hydrogens is 370 g/mol. The molecule has 150 valence electrons. The second-order valence-electron chi connectivity index (χ2n) is 6.11. The maximum Gasteiger partial charge on any atom is 0.408 e. The third kappa shape index (κ3) is 6.20. The van der Waals surface area contributed by atoms with Crippen LogP contribution in [-0.4, -0.2) is 48.4 Å². The highest BCUT2D eigenvalue weighted by atomic mass is 16.5. The highest BCUT2D eigenvalue weighted by Gasteiger charge is 2.38. The van der Waals surface area contributed by atoms with Crippen molar-refractivity contribution in [3.63, 3.8) is 0 Å². The number of aliphatic carboxylic acids is 1. The summed E-state index contributed by atoms with van der Waals surface area (Å²) in [6, 6.07) is 7.75. The number of aldehydes is 1. The van der Waals surface area contributed by atoms with E-state index < -0.39 is 29.9 Å². The quantitative estimate of drug-likeness (QED) is 0.552. The van der Waals surface area contributed by atoms with Gasteiger partial charge in [-0.15, -0.1) is 10.2 Å². The minimum Gasteiger partial charge on any atom is -0.480 e. The number of nitrogens with zero attached hydrogens (tertiary/aromatic N) is 4. The van der Waals surface area contributed by atoms with Gasteiger partial charge in [0.05, 0.1) is 0 Å². The van der Waals surface area contributed by atoms with Gasteiger partial charge in [-0.1, -0.05) is 30.3 Å². The number of hydrogen-bond acceptors (Lipinski definition) is 9. The number of rotatable bonds is 11. The fourth-order valence-electron chi connectivity index (χ4n) is 2.56. The molecule has 1 aliphatic heterocycles. The van der Waals surface area contributed by atoms with Crippen LogP contribution in [0.25, 0.3) is 0 Å². The van der Waals surface area contributed by atoms with Crippen LogP contribution in [0.1, 0.15) is 24.8 Å². The monoisotopic (exact) mass is 391 g/mol. The molecule has 0 fully saturated rings. The number of methoxy groups -OCH3 is 1. The summed E-state index contributed by atoms with van der Waals surface area (Å²) >= 11 is 0. The first-order valence-electron chi connectivity index (χ1n) is 8.50. The van der Waals surface area contributed by atoms with Crippen LogP contribution in [0.4, 0.5) is 4.79 Å². The Morgan fingerprint density at radius 3 is 2.50 bits per heavy atom. The molecular formula is C17H21N5O6. The maximum atomic E-state index is 11.9. The Kier molecular flexibility index (Phi) is 7.69. The standard InChI is InChI=1S/C17H21N5O6/c1-27-13(10-23)9-17(19-21-22-20-17)8-7-14(15(24)25)18-16(26)28-11-12-5-3-2-4-6-12/h2-6,10,13-14H,7-9,11H2,1H3,(H,18,26)(H,24,25)/t13?,14-/m0/s1. The van der Waals surface area contributed by atoms with Crippen molar-refractivity contribution in [1.82, 2.24) is 5.32 Å². The summed E-state index contributed by atoms with van der Waals surface area (Å²) in [6.45, 7) is 0.0141. The SMILES string of the molecule is COC(C=O)CC1(CC[C@H](NC(=O)OCc2ccccc2)C(=O)O)N=NN=N1. The van der Waals surface area contributed by atoms with Crippen LogP contribution >= 0.6 is 0 Å². The van der Waals surface area contributed by atoms with Crippen molar-refractivity contribution in [1.29, 1.82) is 0 Å². The molecule has 1 unspecified atom stereocenters. The van der Waals surface area contributed by atoms with E-state index in [0.717, 1.165) is 5.56 Å². The average Bonchev–Trinajstić information content (AvgIpc) is 3.17. The van der Waals surface area contributed by atoms with Gasteiger partial charge in [-0.2, -0.15) is 0 Å². The molecule has 0 spiro atoms. The molecule has 2 N–H and O–H groups in total. The van der Waals surface area contributed by atoms with E-state index in [1.165, 1.54) is 7.11 Å². The molecule has 0 saturated heterocycles. The number of carboxylic acid groups (broad SMARTS) is 1. The Morgan fingerprint density at radius 1 is 1.25 bits per heavy atom. The number of carbonyl (C=O) groups excluding carboxylic acids is 2. The Bertz CT molecular complexity index is 727. The van der Waals surface area contributed by atoms with Crippen molar-refractivity contribution >= 4 is 18.3 Å². The van der Waals surface area contributed by atoms with E-state index in [9.17, 15) is 19.5 Å². The zero-order valence-electron chi connectivity index (χ0n) is 15.2. The molecule has 0 aromatic heterocycles. The molecule has 1 heterocycles. The van der Waals surface area contributed by atoms with E-state index in [2.05, 4.69) is 26.0 Å². The predicted octanol–water partition coefficient (Wildman–Crippen LogP) is 2.28. The van der Waals surface area contributed by atoms with Crippen molar-refractivity contribution in [2.45, 2.75) is 43.7 Å². The lowest BCUT2D eigenvalue weighted by atomic mass is 9.95. The zero-order valence-corrected chi connectivity index (χ0v) is 15.2. The number of amides is 1. The van der Waals surface area contributed by atoms with Gasteiger partial charge in [0.1, 0.15) is 25.0 Å². The van der Waals surface area contributed by atoms with E-state index in [-0.39, 0.29) is 25.9 Å². The third-order valence-electron chi connectivity index (χ3n) is 4.12. The lowest BCUT2D eigenvalue weighted by molar-refractivity contribution is -0.139. The Balaban J connectivity index is 1.91. The average molecular weight is 391 g/mol. The first kappa shape index (κ1) is 21.1. The van der Waals surface area contributed by atoms with Crippen molar-refractivity contribution < 1.29 is 29.0 Å². The van der Waals surface area contributed by atoms with Crippen molar-refractivity contribution in [2.24, 2.45) is 20.7 Å². The molecule has 1 aliphatic rings. The van der Waals surface area contributed by atoms with E-state index in [0.29, 0.717) is 6.29 Å². The first-order chi connectivity index (χ1) is 13.5. The third-order valence-corrected chi connectivity index (χ3v) is 4.12. The van der Waals surface area contributed by atoms with Crippen molar-refractivity contribution in [3.05, 3.63) is 35.9 Å². The van der Waals surface area contributed by atoms with Crippen molar-refractivity contribution in [3.8, 4) is 0 Å². The molecule has 2 rings (SSSR count). The zero-order chi connectivity index (χ0) is 20.4. The van der Waals surface area contributed by atoms with E-state index in [4.69, 9.17) is 9.47 Å². The van der Waals surface area contributed by atoms with Gasteiger partial charge in [0.2, 0.25) is 0 Å². The van der Waals surface area contributed by atoms with E-state index >= 15 is 0 Å². The highest BCUT2D eigenvalue weighted by Crippen LogP contribution is 2.31. The molecule has 0 radical (unpaired) electrons. The fraction of sp³-hybridized carbons (Fsp3) is 0.471. The van der Waals surface area contributed by atoms with Gasteiger partial charge in [0, 0.05) is 13.5 Å². The fourth-order valence-corrected chi connectivity index (χ4v) is 2.56. The van der Waals surface area contributed by atoms with Crippen LogP contribution in [0.15, 0.2) is 51.0 Å². The Hall–Kier alpha value is -3.21. The van der Waals surface area contributed by atoms with Gasteiger partial charge in [0.15, 0.2) is 5.66 Å². The molecule has 1 amide bonds. The van der Waals surface area contributed by atoms with Gasteiger partial charge in [-0.05, 0) is 28.9 Å². The highest BCUT2D eigenvalue weighted by molar-refractivity contribution is 5.79. The van der Waals surface area contributed by atoms with Crippen LogP contribution in [-0.2, 0) is 25.7 Å². The lowest BCUT2D eigenvalue weighted by Crippen LogP contribution is -2.42. The van der Waals surface area contributed by atoms with Crippen LogP contribution in [0.2, 0.25) is 0 Å². The predicted molar refractivity (Wildman–Crippen MR) is 94.3 cm³/mol. The van der Waals surface area contributed by atoms with Gasteiger partial charge in [0.25, 0.3) is 0 Å². The van der Waals surface area contributed by atoms with Gasteiger partial charge >= 0.3 is 12.1 Å². The normalized spacial score (nSPS) is 16.3. The summed E-state index contributed by atoms with van der Waals surface area (Å²) in [6.07, 6.45) is -0.929. The largest absolute Gasteiger partial charge is 0.480 e. The number of carboxylic acids is 1. The first-order valence-corrected chi connectivity index (χ1v) is 8.50. The molecule has 2 atom stereocenters. The number of benzene rings is 1. The lowest BCUT2D eigenvalue weighted by Gasteiger charge is -2.24. The van der Waals surface area contributed by atoms with E-state index in [1.807, 2.05) is 6.07 Å². The Morgan fingerprint density at radius 2 is 1.93 bits per heavy atom. The minimum absolute atomic E-state index is 0.0141. The number of carbonyl (C=O) groups is 3. The molecule has 11 heteroatoms. The molecule has 0 aliphatic carbocycles. The smallest absolute Gasteiger partial charge is 0.408 e. The second-order valence-corrected chi connectivity index (χ2v) is 6.11. The maximum absolute atomic E-state index is 11.9. The van der Waals surface area contributed by atoms with Crippen LogP contribution in [0, 0.1) is 0 Å². The topological polar surface area (TPSA) is 151 Å². The van der Waals surface area contributed by atoms with Gasteiger partial charge in [-0.25, -0.2) is 9.59 Å². The summed E-state index contributed by atoms with van der Waals surface area (Å²) in [7, 11) is 1.36. The molecule has 1 aromatic rings. The van der Waals surface area contributed by atoms with Gasteiger partial charge < -0.3 is 24.7 Å².